The Bertz CT molecular complexity index is 776. The number of aromatic nitrogens is 1. The Morgan fingerprint density at radius 2 is 2.11 bits per heavy atom. The number of ether oxygens (including phenoxy) is 2. The van der Waals surface area contributed by atoms with Gasteiger partial charge in [0.1, 0.15) is 23.5 Å². The fourth-order valence-electron chi connectivity index (χ4n) is 2.28. The highest BCUT2D eigenvalue weighted by atomic mass is 127. The summed E-state index contributed by atoms with van der Waals surface area (Å²) in [5, 5.41) is 6.10. The molecule has 1 heterocycles. The molecule has 0 aliphatic rings. The Labute approximate surface area is 185 Å². The van der Waals surface area contributed by atoms with Gasteiger partial charge in [0.15, 0.2) is 17.6 Å². The SMILES string of the molecule is CN=C(NCCOc1ccc(F)c(F)c1)N(C)Cc1csc(C(C)OC)n1.I. The fraction of sp³-hybridized carbons (Fsp3) is 0.444. The maximum Gasteiger partial charge on any atom is 0.193 e. The molecule has 0 saturated carbocycles. The lowest BCUT2D eigenvalue weighted by atomic mass is 10.3. The van der Waals surface area contributed by atoms with Gasteiger partial charge in [0.2, 0.25) is 0 Å². The quantitative estimate of drug-likeness (QED) is 0.245. The average Bonchev–Trinajstić information content (AvgIpc) is 3.12. The Hall–Kier alpha value is -1.53. The molecule has 2 rings (SSSR count). The van der Waals surface area contributed by atoms with Crippen LogP contribution in [0.4, 0.5) is 8.78 Å². The molecule has 0 saturated heterocycles. The number of benzene rings is 1. The molecule has 1 aromatic carbocycles. The first-order valence-electron chi connectivity index (χ1n) is 8.41. The van der Waals surface area contributed by atoms with Crippen LogP contribution in [0.5, 0.6) is 5.75 Å². The number of guanidine groups is 1. The topological polar surface area (TPSA) is 59.0 Å². The van der Waals surface area contributed by atoms with E-state index < -0.39 is 11.6 Å². The molecule has 28 heavy (non-hydrogen) atoms. The highest BCUT2D eigenvalue weighted by Gasteiger charge is 2.12. The van der Waals surface area contributed by atoms with Gasteiger partial charge < -0.3 is 19.7 Å². The minimum atomic E-state index is -0.929. The molecule has 156 valence electrons. The zero-order valence-electron chi connectivity index (χ0n) is 16.2. The molecule has 0 fully saturated rings. The van der Waals surface area contributed by atoms with Gasteiger partial charge in [-0.05, 0) is 19.1 Å². The van der Waals surface area contributed by atoms with E-state index in [0.717, 1.165) is 22.8 Å². The predicted molar refractivity (Wildman–Crippen MR) is 118 cm³/mol. The number of hydrogen-bond donors (Lipinski definition) is 1. The van der Waals surface area contributed by atoms with Gasteiger partial charge in [-0.1, -0.05) is 0 Å². The molecule has 1 aromatic heterocycles. The Kier molecular flexibility index (Phi) is 10.6. The number of nitrogens with one attached hydrogen (secondary N) is 1. The normalized spacial score (nSPS) is 12.3. The van der Waals surface area contributed by atoms with E-state index in [9.17, 15) is 8.78 Å². The van der Waals surface area contributed by atoms with E-state index in [1.165, 1.54) is 6.07 Å². The van der Waals surface area contributed by atoms with Crippen LogP contribution in [0, 0.1) is 11.6 Å². The summed E-state index contributed by atoms with van der Waals surface area (Å²) < 4.78 is 36.7. The first kappa shape index (κ1) is 24.5. The van der Waals surface area contributed by atoms with E-state index in [4.69, 9.17) is 9.47 Å². The smallest absolute Gasteiger partial charge is 0.193 e. The van der Waals surface area contributed by atoms with Crippen LogP contribution in [-0.4, -0.2) is 50.2 Å². The third kappa shape index (κ3) is 7.13. The molecule has 2 aromatic rings. The molecule has 0 amide bonds. The Morgan fingerprint density at radius 3 is 2.75 bits per heavy atom. The van der Waals surface area contributed by atoms with Crippen molar-refractivity contribution in [3.05, 3.63) is 45.9 Å². The van der Waals surface area contributed by atoms with Crippen molar-refractivity contribution in [3.63, 3.8) is 0 Å². The van der Waals surface area contributed by atoms with Gasteiger partial charge in [-0.3, -0.25) is 4.99 Å². The molecule has 0 bridgehead atoms. The molecular formula is C18H25F2IN4O2S. The Balaban J connectivity index is 0.00000392. The van der Waals surface area contributed by atoms with Gasteiger partial charge in [-0.2, -0.15) is 0 Å². The Morgan fingerprint density at radius 1 is 1.36 bits per heavy atom. The van der Waals surface area contributed by atoms with E-state index in [2.05, 4.69) is 15.3 Å². The third-order valence-electron chi connectivity index (χ3n) is 3.79. The van der Waals surface area contributed by atoms with Crippen LogP contribution in [0.25, 0.3) is 0 Å². The summed E-state index contributed by atoms with van der Waals surface area (Å²) in [4.78, 5) is 10.7. The van der Waals surface area contributed by atoms with E-state index in [1.54, 1.807) is 25.5 Å². The van der Waals surface area contributed by atoms with Crippen molar-refractivity contribution in [3.8, 4) is 5.75 Å². The standard InChI is InChI=1S/C18H24F2N4O2S.HI/c1-12(25-4)17-23-13(11-27-17)10-24(3)18(21-2)22-7-8-26-14-5-6-15(19)16(20)9-14;/h5-6,9,11-12H,7-8,10H2,1-4H3,(H,21,22);1H. The van der Waals surface area contributed by atoms with Crippen molar-refractivity contribution in [1.82, 2.24) is 15.2 Å². The van der Waals surface area contributed by atoms with E-state index >= 15 is 0 Å². The van der Waals surface area contributed by atoms with Crippen molar-refractivity contribution < 1.29 is 18.3 Å². The summed E-state index contributed by atoms with van der Waals surface area (Å²) in [6, 6.07) is 3.45. The number of rotatable bonds is 8. The molecular weight excluding hydrogens is 501 g/mol. The lowest BCUT2D eigenvalue weighted by molar-refractivity contribution is 0.119. The van der Waals surface area contributed by atoms with Crippen molar-refractivity contribution >= 4 is 41.3 Å². The second kappa shape index (κ2) is 12.1. The highest BCUT2D eigenvalue weighted by Crippen LogP contribution is 2.21. The molecule has 0 aliphatic carbocycles. The first-order chi connectivity index (χ1) is 12.9. The van der Waals surface area contributed by atoms with Gasteiger partial charge in [0.05, 0.1) is 18.8 Å². The van der Waals surface area contributed by atoms with Gasteiger partial charge >= 0.3 is 0 Å². The van der Waals surface area contributed by atoms with Gasteiger partial charge in [0, 0.05) is 32.7 Å². The first-order valence-corrected chi connectivity index (χ1v) is 9.29. The molecule has 0 spiro atoms. The second-order valence-corrected chi connectivity index (χ2v) is 6.70. The van der Waals surface area contributed by atoms with E-state index in [0.29, 0.717) is 19.0 Å². The molecule has 0 aliphatic heterocycles. The zero-order valence-corrected chi connectivity index (χ0v) is 19.4. The van der Waals surface area contributed by atoms with Crippen molar-refractivity contribution in [2.75, 3.05) is 34.4 Å². The van der Waals surface area contributed by atoms with Crippen LogP contribution in [-0.2, 0) is 11.3 Å². The van der Waals surface area contributed by atoms with E-state index in [-0.39, 0.29) is 42.4 Å². The van der Waals surface area contributed by atoms with Crippen molar-refractivity contribution in [2.45, 2.75) is 19.6 Å². The predicted octanol–water partition coefficient (Wildman–Crippen LogP) is 3.83. The number of hydrogen-bond acceptors (Lipinski definition) is 5. The lowest BCUT2D eigenvalue weighted by Gasteiger charge is -2.21. The molecule has 1 atom stereocenters. The summed E-state index contributed by atoms with van der Waals surface area (Å²) >= 11 is 1.56. The van der Waals surface area contributed by atoms with Crippen LogP contribution in [0.15, 0.2) is 28.6 Å². The number of aliphatic imine (C=N–C) groups is 1. The van der Waals surface area contributed by atoms with Crippen LogP contribution in [0.1, 0.15) is 23.7 Å². The largest absolute Gasteiger partial charge is 0.492 e. The maximum absolute atomic E-state index is 13.1. The highest BCUT2D eigenvalue weighted by molar-refractivity contribution is 14.0. The second-order valence-electron chi connectivity index (χ2n) is 5.81. The number of halogens is 3. The summed E-state index contributed by atoms with van der Waals surface area (Å²) in [5.74, 6) is -0.867. The average molecular weight is 526 g/mol. The van der Waals surface area contributed by atoms with E-state index in [1.807, 2.05) is 24.3 Å². The summed E-state index contributed by atoms with van der Waals surface area (Å²) in [6.07, 6.45) is -0.0278. The third-order valence-corrected chi connectivity index (χ3v) is 4.84. The molecule has 6 nitrogen and oxygen atoms in total. The molecule has 1 unspecified atom stereocenters. The van der Waals surface area contributed by atoms with Crippen molar-refractivity contribution in [2.24, 2.45) is 4.99 Å². The minimum Gasteiger partial charge on any atom is -0.492 e. The van der Waals surface area contributed by atoms with Crippen LogP contribution in [0.2, 0.25) is 0 Å². The monoisotopic (exact) mass is 526 g/mol. The molecule has 0 radical (unpaired) electrons. The minimum absolute atomic E-state index is 0. The lowest BCUT2D eigenvalue weighted by Crippen LogP contribution is -2.40. The summed E-state index contributed by atoms with van der Waals surface area (Å²) in [7, 11) is 5.25. The maximum atomic E-state index is 13.1. The van der Waals surface area contributed by atoms with Crippen LogP contribution in [0.3, 0.4) is 0 Å². The number of thiazole rings is 1. The van der Waals surface area contributed by atoms with Crippen LogP contribution < -0.4 is 10.1 Å². The van der Waals surface area contributed by atoms with Crippen molar-refractivity contribution in [1.29, 1.82) is 0 Å². The van der Waals surface area contributed by atoms with Gasteiger partial charge in [0.25, 0.3) is 0 Å². The summed E-state index contributed by atoms with van der Waals surface area (Å²) in [5.41, 5.74) is 0.933. The number of methoxy groups -OCH3 is 1. The summed E-state index contributed by atoms with van der Waals surface area (Å²) in [6.45, 7) is 3.29. The molecule has 1 N–H and O–H groups in total. The zero-order chi connectivity index (χ0) is 19.8. The molecule has 10 heteroatoms. The van der Waals surface area contributed by atoms with Crippen LogP contribution >= 0.6 is 35.3 Å². The number of nitrogens with zero attached hydrogens (tertiary/aromatic N) is 3. The van der Waals surface area contributed by atoms with Gasteiger partial charge in [-0.25, -0.2) is 13.8 Å². The van der Waals surface area contributed by atoms with Gasteiger partial charge in [-0.15, -0.1) is 35.3 Å². The fourth-order valence-corrected chi connectivity index (χ4v) is 3.13.